The minimum Gasteiger partial charge on any atom is -0.336 e. The third-order valence-corrected chi connectivity index (χ3v) is 6.32. The first-order valence-corrected chi connectivity index (χ1v) is 10.6. The van der Waals surface area contributed by atoms with Gasteiger partial charge in [-0.05, 0) is 48.9 Å². The van der Waals surface area contributed by atoms with Crippen molar-refractivity contribution in [3.63, 3.8) is 0 Å². The quantitative estimate of drug-likeness (QED) is 0.622. The van der Waals surface area contributed by atoms with Crippen molar-refractivity contribution in [1.29, 1.82) is 0 Å². The molecule has 1 aromatic carbocycles. The number of hydrogen-bond donors (Lipinski definition) is 0. The van der Waals surface area contributed by atoms with Crippen LogP contribution in [0.2, 0.25) is 5.02 Å². The van der Waals surface area contributed by atoms with Gasteiger partial charge in [0, 0.05) is 59.4 Å². The maximum Gasteiger partial charge on any atom is 0.255 e. The summed E-state index contributed by atoms with van der Waals surface area (Å²) >= 11 is 7.91. The maximum atomic E-state index is 12.6. The molecule has 4 rings (SSSR count). The summed E-state index contributed by atoms with van der Waals surface area (Å²) in [5.41, 5.74) is 2.75. The largest absolute Gasteiger partial charge is 0.336 e. The summed E-state index contributed by atoms with van der Waals surface area (Å²) in [5, 5.41) is 0.761. The molecular formula is C22H22ClN3OS. The molecule has 0 atom stereocenters. The summed E-state index contributed by atoms with van der Waals surface area (Å²) in [6.45, 7) is 6.11. The van der Waals surface area contributed by atoms with Gasteiger partial charge in [-0.1, -0.05) is 23.7 Å². The lowest BCUT2D eigenvalue weighted by atomic mass is 10.2. The van der Waals surface area contributed by atoms with E-state index in [2.05, 4.69) is 28.1 Å². The van der Waals surface area contributed by atoms with Gasteiger partial charge in [-0.2, -0.15) is 0 Å². The Morgan fingerprint density at radius 3 is 2.64 bits per heavy atom. The fourth-order valence-corrected chi connectivity index (χ4v) is 4.60. The normalized spacial score (nSPS) is 15.0. The lowest BCUT2D eigenvalue weighted by Crippen LogP contribution is -2.48. The van der Waals surface area contributed by atoms with Crippen LogP contribution in [-0.2, 0) is 6.54 Å². The first-order chi connectivity index (χ1) is 13.6. The predicted molar refractivity (Wildman–Crippen MR) is 115 cm³/mol. The van der Waals surface area contributed by atoms with E-state index in [9.17, 15) is 4.79 Å². The highest BCUT2D eigenvalue weighted by molar-refractivity contribution is 7.15. The van der Waals surface area contributed by atoms with Gasteiger partial charge in [0.15, 0.2) is 0 Å². The highest BCUT2D eigenvalue weighted by Crippen LogP contribution is 2.30. The van der Waals surface area contributed by atoms with Crippen molar-refractivity contribution in [3.05, 3.63) is 75.9 Å². The Hall–Kier alpha value is -2.21. The van der Waals surface area contributed by atoms with Crippen molar-refractivity contribution in [1.82, 2.24) is 14.8 Å². The molecule has 144 valence electrons. The smallest absolute Gasteiger partial charge is 0.255 e. The minimum atomic E-state index is 0.0755. The second-order valence-electron chi connectivity index (χ2n) is 7.03. The lowest BCUT2D eigenvalue weighted by molar-refractivity contribution is 0.0629. The molecule has 1 aliphatic rings. The van der Waals surface area contributed by atoms with Crippen LogP contribution >= 0.6 is 22.9 Å². The van der Waals surface area contributed by atoms with Crippen LogP contribution in [0.4, 0.5) is 0 Å². The summed E-state index contributed by atoms with van der Waals surface area (Å²) in [6, 6.07) is 16.1. The number of benzene rings is 1. The molecule has 3 heterocycles. The van der Waals surface area contributed by atoms with Crippen LogP contribution in [0, 0.1) is 6.92 Å². The van der Waals surface area contributed by atoms with Crippen molar-refractivity contribution in [2.45, 2.75) is 13.5 Å². The van der Waals surface area contributed by atoms with Gasteiger partial charge < -0.3 is 4.90 Å². The monoisotopic (exact) mass is 411 g/mol. The number of hydrogen-bond acceptors (Lipinski definition) is 4. The molecular weight excluding hydrogens is 390 g/mol. The molecule has 6 heteroatoms. The Morgan fingerprint density at radius 1 is 1.11 bits per heavy atom. The van der Waals surface area contributed by atoms with E-state index in [1.165, 1.54) is 9.75 Å². The Bertz CT molecular complexity index is 962. The number of piperazine rings is 1. The van der Waals surface area contributed by atoms with Gasteiger partial charge in [-0.15, -0.1) is 11.3 Å². The van der Waals surface area contributed by atoms with Crippen molar-refractivity contribution in [3.8, 4) is 10.4 Å². The molecule has 0 bridgehead atoms. The molecule has 1 fully saturated rings. The van der Waals surface area contributed by atoms with Crippen molar-refractivity contribution >= 4 is 28.8 Å². The molecule has 0 aliphatic carbocycles. The molecule has 1 amide bonds. The van der Waals surface area contributed by atoms with E-state index >= 15 is 0 Å². The first kappa shape index (κ1) is 19.1. The Labute approximate surface area is 174 Å². The number of halogens is 1. The zero-order valence-electron chi connectivity index (χ0n) is 15.8. The summed E-state index contributed by atoms with van der Waals surface area (Å²) < 4.78 is 0. The van der Waals surface area contributed by atoms with Gasteiger partial charge in [-0.25, -0.2) is 0 Å². The third-order valence-electron chi connectivity index (χ3n) is 4.97. The average Bonchev–Trinajstić information content (AvgIpc) is 3.17. The van der Waals surface area contributed by atoms with E-state index in [-0.39, 0.29) is 5.91 Å². The Balaban J connectivity index is 1.33. The van der Waals surface area contributed by atoms with Gasteiger partial charge in [0.05, 0.1) is 5.56 Å². The second kappa shape index (κ2) is 8.43. The first-order valence-electron chi connectivity index (χ1n) is 9.37. The predicted octanol–water partition coefficient (Wildman–Crippen LogP) is 4.73. The molecule has 28 heavy (non-hydrogen) atoms. The summed E-state index contributed by atoms with van der Waals surface area (Å²) in [5.74, 6) is 0.0755. The van der Waals surface area contributed by atoms with Gasteiger partial charge in [0.25, 0.3) is 5.91 Å². The molecule has 0 radical (unpaired) electrons. The molecule has 0 saturated carbocycles. The van der Waals surface area contributed by atoms with Crippen LogP contribution in [0.5, 0.6) is 0 Å². The number of aryl methyl sites for hydroxylation is 1. The number of pyridine rings is 1. The van der Waals surface area contributed by atoms with Crippen LogP contribution in [0.3, 0.4) is 0 Å². The number of aromatic nitrogens is 1. The van der Waals surface area contributed by atoms with Crippen molar-refractivity contribution < 1.29 is 4.79 Å². The number of thiophene rings is 1. The molecule has 3 aromatic rings. The topological polar surface area (TPSA) is 36.4 Å². The van der Waals surface area contributed by atoms with E-state index in [0.717, 1.165) is 49.0 Å². The van der Waals surface area contributed by atoms with Crippen LogP contribution in [-0.4, -0.2) is 46.9 Å². The zero-order chi connectivity index (χ0) is 19.5. The van der Waals surface area contributed by atoms with E-state index < -0.39 is 0 Å². The highest BCUT2D eigenvalue weighted by Gasteiger charge is 2.22. The van der Waals surface area contributed by atoms with Gasteiger partial charge in [-0.3, -0.25) is 14.7 Å². The number of rotatable bonds is 4. The van der Waals surface area contributed by atoms with Crippen LogP contribution in [0.15, 0.2) is 54.7 Å². The van der Waals surface area contributed by atoms with Crippen molar-refractivity contribution in [2.24, 2.45) is 0 Å². The standard InChI is InChI=1S/C22H22ClN3OS/c1-16-5-6-18(14-24-16)22(27)26-11-9-25(10-12-26)15-20-7-8-21(28-20)17-3-2-4-19(23)13-17/h2-8,13-14H,9-12,15H2,1H3. The van der Waals surface area contributed by atoms with E-state index in [0.29, 0.717) is 5.56 Å². The Kier molecular flexibility index (Phi) is 5.76. The summed E-state index contributed by atoms with van der Waals surface area (Å²) in [7, 11) is 0. The molecule has 0 unspecified atom stereocenters. The second-order valence-corrected chi connectivity index (χ2v) is 8.64. The third kappa shape index (κ3) is 4.43. The van der Waals surface area contributed by atoms with Crippen LogP contribution in [0.1, 0.15) is 20.9 Å². The molecule has 1 saturated heterocycles. The molecule has 0 spiro atoms. The van der Waals surface area contributed by atoms with Gasteiger partial charge in [0.2, 0.25) is 0 Å². The van der Waals surface area contributed by atoms with E-state index in [1.54, 1.807) is 17.5 Å². The van der Waals surface area contributed by atoms with Crippen LogP contribution < -0.4 is 0 Å². The fraction of sp³-hybridized carbons (Fsp3) is 0.273. The fourth-order valence-electron chi connectivity index (χ4n) is 3.37. The van der Waals surface area contributed by atoms with E-state index in [1.807, 2.05) is 42.2 Å². The van der Waals surface area contributed by atoms with Crippen LogP contribution in [0.25, 0.3) is 10.4 Å². The minimum absolute atomic E-state index is 0.0755. The van der Waals surface area contributed by atoms with Crippen molar-refractivity contribution in [2.75, 3.05) is 26.2 Å². The summed E-state index contributed by atoms with van der Waals surface area (Å²) in [6.07, 6.45) is 1.67. The average molecular weight is 412 g/mol. The highest BCUT2D eigenvalue weighted by atomic mass is 35.5. The van der Waals surface area contributed by atoms with Gasteiger partial charge in [0.1, 0.15) is 0 Å². The maximum absolute atomic E-state index is 12.6. The number of nitrogens with zero attached hydrogens (tertiary/aromatic N) is 3. The molecule has 2 aromatic heterocycles. The number of carbonyl (C=O) groups is 1. The van der Waals surface area contributed by atoms with Gasteiger partial charge >= 0.3 is 0 Å². The Morgan fingerprint density at radius 2 is 1.93 bits per heavy atom. The molecule has 1 aliphatic heterocycles. The number of carbonyl (C=O) groups excluding carboxylic acids is 1. The van der Waals surface area contributed by atoms with E-state index in [4.69, 9.17) is 11.6 Å². The SMILES string of the molecule is Cc1ccc(C(=O)N2CCN(Cc3ccc(-c4cccc(Cl)c4)s3)CC2)cn1. The number of amides is 1. The summed E-state index contributed by atoms with van der Waals surface area (Å²) in [4.78, 5) is 23.8. The molecule has 0 N–H and O–H groups in total. The lowest BCUT2D eigenvalue weighted by Gasteiger charge is -2.34. The zero-order valence-corrected chi connectivity index (χ0v) is 17.3. The molecule has 4 nitrogen and oxygen atoms in total.